The van der Waals surface area contributed by atoms with Gasteiger partial charge in [0.25, 0.3) is 0 Å². The van der Waals surface area contributed by atoms with Crippen molar-refractivity contribution in [2.24, 2.45) is 5.41 Å². The van der Waals surface area contributed by atoms with Crippen LogP contribution in [0.15, 0.2) is 36.8 Å². The number of benzene rings is 1. The number of halogens is 1. The van der Waals surface area contributed by atoms with Crippen molar-refractivity contribution in [3.63, 3.8) is 0 Å². The summed E-state index contributed by atoms with van der Waals surface area (Å²) in [5, 5.41) is 10.2. The summed E-state index contributed by atoms with van der Waals surface area (Å²) in [5.74, 6) is 3.53. The highest BCUT2D eigenvalue weighted by Gasteiger charge is 2.54. The van der Waals surface area contributed by atoms with E-state index in [1.807, 2.05) is 12.3 Å². The first kappa shape index (κ1) is 19.9. The molecule has 5 heterocycles. The second-order valence-corrected chi connectivity index (χ2v) is 10.5. The Morgan fingerprint density at radius 3 is 2.79 bits per heavy atom. The Bertz CT molecular complexity index is 1180. The maximum Gasteiger partial charge on any atom is 0.151 e. The van der Waals surface area contributed by atoms with Crippen LogP contribution in [0.5, 0.6) is 0 Å². The van der Waals surface area contributed by atoms with E-state index >= 15 is 0 Å². The summed E-state index contributed by atoms with van der Waals surface area (Å²) in [4.78, 5) is 13.5. The zero-order valence-corrected chi connectivity index (χ0v) is 19.2. The molecule has 1 aromatic carbocycles. The third-order valence-corrected chi connectivity index (χ3v) is 8.06. The molecule has 2 aromatic heterocycles. The van der Waals surface area contributed by atoms with Crippen LogP contribution in [0, 0.1) is 5.41 Å². The fourth-order valence-electron chi connectivity index (χ4n) is 6.19. The van der Waals surface area contributed by atoms with Crippen LogP contribution >= 0.6 is 11.6 Å². The minimum atomic E-state index is 0.370. The van der Waals surface area contributed by atoms with E-state index in [1.165, 1.54) is 11.3 Å². The van der Waals surface area contributed by atoms with Gasteiger partial charge in [-0.1, -0.05) is 11.6 Å². The molecule has 0 radical (unpaired) electrons. The topological polar surface area (TPSA) is 72.2 Å². The predicted molar refractivity (Wildman–Crippen MR) is 123 cm³/mol. The van der Waals surface area contributed by atoms with Crippen molar-refractivity contribution in [2.75, 3.05) is 31.2 Å². The van der Waals surface area contributed by atoms with Crippen molar-refractivity contribution < 1.29 is 4.74 Å². The molecule has 0 bridgehead atoms. The number of ether oxygens (including phenoxy) is 1. The maximum atomic E-state index is 6.41. The number of aromatic nitrogens is 5. The lowest BCUT2D eigenvalue weighted by Gasteiger charge is -2.59. The van der Waals surface area contributed by atoms with Crippen LogP contribution < -0.4 is 4.90 Å². The molecule has 0 unspecified atom stereocenters. The molecule has 4 aliphatic rings. The van der Waals surface area contributed by atoms with Gasteiger partial charge in [0, 0.05) is 61.0 Å². The summed E-state index contributed by atoms with van der Waals surface area (Å²) in [6.45, 7) is 5.34. The molecular formula is C24H26ClN7O. The molecule has 7 rings (SSSR count). The highest BCUT2D eigenvalue weighted by atomic mass is 35.5. The van der Waals surface area contributed by atoms with Crippen LogP contribution in [0.3, 0.4) is 0 Å². The van der Waals surface area contributed by atoms with Crippen molar-refractivity contribution in [3.8, 4) is 5.69 Å². The lowest BCUT2D eigenvalue weighted by atomic mass is 9.57. The molecule has 2 saturated heterocycles. The number of nitrogens with zero attached hydrogens (tertiary/aromatic N) is 7. The Balaban J connectivity index is 1.16. The summed E-state index contributed by atoms with van der Waals surface area (Å²) in [6.07, 6.45) is 8.69. The maximum absolute atomic E-state index is 6.41. The standard InChI is InChI=1S/C24H26ClN7O/c25-18-1-2-20-16(7-18)11-30(19-3-6-33-13-19)12-22-28-29-23(32(20)22)17-8-24(9-17)14-31(15-24)21-10-26-4-5-27-21/h1-2,4-5,7,10,17,19H,3,6,8-9,11-15H2/t19-/m0/s1. The van der Waals surface area contributed by atoms with Gasteiger partial charge in [0.15, 0.2) is 5.82 Å². The molecule has 0 amide bonds. The number of hydrogen-bond donors (Lipinski definition) is 0. The third kappa shape index (κ3) is 3.26. The number of anilines is 1. The molecule has 1 spiro atoms. The molecule has 3 fully saturated rings. The number of fused-ring (bicyclic) bond motifs is 3. The first-order valence-electron chi connectivity index (χ1n) is 11.7. The van der Waals surface area contributed by atoms with E-state index in [0.717, 1.165) is 81.1 Å². The average Bonchev–Trinajstić information content (AvgIpc) is 3.41. The van der Waals surface area contributed by atoms with Gasteiger partial charge >= 0.3 is 0 Å². The van der Waals surface area contributed by atoms with E-state index in [9.17, 15) is 0 Å². The van der Waals surface area contributed by atoms with Gasteiger partial charge < -0.3 is 9.64 Å². The lowest BCUT2D eigenvalue weighted by molar-refractivity contribution is 0.0581. The van der Waals surface area contributed by atoms with Crippen molar-refractivity contribution in [1.82, 2.24) is 29.6 Å². The molecule has 170 valence electrons. The lowest BCUT2D eigenvalue weighted by Crippen LogP contribution is -2.62. The van der Waals surface area contributed by atoms with Crippen molar-refractivity contribution in [2.45, 2.75) is 44.3 Å². The van der Waals surface area contributed by atoms with E-state index in [4.69, 9.17) is 21.4 Å². The Labute approximate surface area is 197 Å². The highest BCUT2D eigenvalue weighted by Crippen LogP contribution is 2.56. The van der Waals surface area contributed by atoms with E-state index < -0.39 is 0 Å². The Kier molecular flexibility index (Phi) is 4.51. The molecular weight excluding hydrogens is 438 g/mol. The molecule has 1 atom stereocenters. The van der Waals surface area contributed by atoms with Gasteiger partial charge in [0.05, 0.1) is 25.0 Å². The minimum absolute atomic E-state index is 0.370. The quantitative estimate of drug-likeness (QED) is 0.590. The van der Waals surface area contributed by atoms with Crippen LogP contribution in [-0.4, -0.2) is 62.0 Å². The van der Waals surface area contributed by atoms with Gasteiger partial charge in [-0.05, 0) is 43.0 Å². The summed E-state index contributed by atoms with van der Waals surface area (Å²) in [7, 11) is 0. The zero-order chi connectivity index (χ0) is 22.0. The molecule has 33 heavy (non-hydrogen) atoms. The normalized spacial score (nSPS) is 24.2. The van der Waals surface area contributed by atoms with Crippen LogP contribution in [0.25, 0.3) is 5.69 Å². The van der Waals surface area contributed by atoms with Gasteiger partial charge in [0.2, 0.25) is 0 Å². The number of rotatable bonds is 3. The summed E-state index contributed by atoms with van der Waals surface area (Å²) < 4.78 is 8.00. The average molecular weight is 464 g/mol. The molecule has 3 aliphatic heterocycles. The van der Waals surface area contributed by atoms with Gasteiger partial charge in [0.1, 0.15) is 11.6 Å². The van der Waals surface area contributed by atoms with Crippen molar-refractivity contribution in [3.05, 3.63) is 59.0 Å². The van der Waals surface area contributed by atoms with E-state index in [1.54, 1.807) is 12.4 Å². The molecule has 9 heteroatoms. The van der Waals surface area contributed by atoms with Crippen LogP contribution in [0.1, 0.15) is 42.4 Å². The Morgan fingerprint density at radius 1 is 1.09 bits per heavy atom. The molecule has 3 aromatic rings. The van der Waals surface area contributed by atoms with Crippen molar-refractivity contribution >= 4 is 17.4 Å². The minimum Gasteiger partial charge on any atom is -0.380 e. The summed E-state index contributed by atoms with van der Waals surface area (Å²) in [6, 6.07) is 6.63. The smallest absolute Gasteiger partial charge is 0.151 e. The molecule has 8 nitrogen and oxygen atoms in total. The van der Waals surface area contributed by atoms with Gasteiger partial charge in [-0.2, -0.15) is 0 Å². The molecule has 1 aliphatic carbocycles. The fourth-order valence-corrected chi connectivity index (χ4v) is 6.38. The number of hydrogen-bond acceptors (Lipinski definition) is 7. The van der Waals surface area contributed by atoms with E-state index in [-0.39, 0.29) is 0 Å². The third-order valence-electron chi connectivity index (χ3n) is 7.83. The van der Waals surface area contributed by atoms with Gasteiger partial charge in [-0.3, -0.25) is 14.5 Å². The zero-order valence-electron chi connectivity index (χ0n) is 18.4. The van der Waals surface area contributed by atoms with Gasteiger partial charge in [-0.25, -0.2) is 4.98 Å². The monoisotopic (exact) mass is 463 g/mol. The van der Waals surface area contributed by atoms with Crippen LogP contribution in [-0.2, 0) is 17.8 Å². The summed E-state index contributed by atoms with van der Waals surface area (Å²) >= 11 is 6.41. The van der Waals surface area contributed by atoms with Gasteiger partial charge in [-0.15, -0.1) is 10.2 Å². The largest absolute Gasteiger partial charge is 0.380 e. The first-order valence-corrected chi connectivity index (χ1v) is 12.1. The SMILES string of the molecule is Clc1ccc2c(c1)CN([C@H]1CCOC1)Cc1nnc(C3CC4(C3)CN(c3cnccn3)C4)n1-2. The van der Waals surface area contributed by atoms with Crippen LogP contribution in [0.4, 0.5) is 5.82 Å². The second-order valence-electron chi connectivity index (χ2n) is 10.0. The fraction of sp³-hybridized carbons (Fsp3) is 0.500. The molecule has 0 N–H and O–H groups in total. The van der Waals surface area contributed by atoms with Crippen molar-refractivity contribution in [1.29, 1.82) is 0 Å². The van der Waals surface area contributed by atoms with E-state index in [0.29, 0.717) is 17.4 Å². The first-order chi connectivity index (χ1) is 16.2. The van der Waals surface area contributed by atoms with Crippen LogP contribution in [0.2, 0.25) is 5.02 Å². The predicted octanol–water partition coefficient (Wildman–Crippen LogP) is 3.20. The Morgan fingerprint density at radius 2 is 2.00 bits per heavy atom. The summed E-state index contributed by atoms with van der Waals surface area (Å²) in [5.41, 5.74) is 2.78. The molecule has 1 saturated carbocycles. The highest BCUT2D eigenvalue weighted by molar-refractivity contribution is 6.30. The Hall–Kier alpha value is -2.55. The van der Waals surface area contributed by atoms with E-state index in [2.05, 4.69) is 41.6 Å². The second kappa shape index (κ2) is 7.48.